The second-order valence-electron chi connectivity index (χ2n) is 11.8. The van der Waals surface area contributed by atoms with Crippen LogP contribution in [0.25, 0.3) is 21.8 Å². The number of hydrogen-bond acceptors (Lipinski definition) is 4. The first-order valence-electron chi connectivity index (χ1n) is 15.6. The molecular formula is C34H45N5. The summed E-state index contributed by atoms with van der Waals surface area (Å²) in [5.74, 6) is 0.866. The maximum atomic E-state index is 5.09. The molecule has 4 aromatic rings. The van der Waals surface area contributed by atoms with Gasteiger partial charge >= 0.3 is 0 Å². The monoisotopic (exact) mass is 523 g/mol. The van der Waals surface area contributed by atoms with Crippen molar-refractivity contribution in [3.63, 3.8) is 0 Å². The van der Waals surface area contributed by atoms with Crippen LogP contribution < -0.4 is 5.32 Å². The summed E-state index contributed by atoms with van der Waals surface area (Å²) in [7, 11) is 0. The third kappa shape index (κ3) is 5.76. The Morgan fingerprint density at radius 2 is 1.82 bits per heavy atom. The zero-order chi connectivity index (χ0) is 26.4. The zero-order valence-electron chi connectivity index (χ0n) is 23.7. The molecule has 0 radical (unpaired) electrons. The molecule has 0 amide bonds. The van der Waals surface area contributed by atoms with Gasteiger partial charge in [-0.15, -0.1) is 0 Å². The highest BCUT2D eigenvalue weighted by atomic mass is 15.2. The highest BCUT2D eigenvalue weighted by Crippen LogP contribution is 2.36. The van der Waals surface area contributed by atoms with Crippen molar-refractivity contribution in [2.24, 2.45) is 5.92 Å². The second-order valence-corrected chi connectivity index (χ2v) is 11.8. The summed E-state index contributed by atoms with van der Waals surface area (Å²) < 4.78 is 2.60. The SMILES string of the molecule is CCCCCN(Cc1nccc2c3ccccc3n(CCCC3CCNCC3)c12)C1CCCc2cccnc21. The number of unbranched alkanes of at least 4 members (excludes halogenated alkanes) is 2. The summed E-state index contributed by atoms with van der Waals surface area (Å²) in [4.78, 5) is 12.7. The average molecular weight is 524 g/mol. The Kier molecular flexibility index (Phi) is 8.56. The lowest BCUT2D eigenvalue weighted by atomic mass is 9.90. The fraction of sp³-hybridized carbons (Fsp3) is 0.529. The van der Waals surface area contributed by atoms with Crippen molar-refractivity contribution in [3.05, 3.63) is 71.8 Å². The number of rotatable bonds is 11. The van der Waals surface area contributed by atoms with Gasteiger partial charge in [-0.1, -0.05) is 44.0 Å². The quantitative estimate of drug-likeness (QED) is 0.208. The van der Waals surface area contributed by atoms with Crippen LogP contribution in [0.5, 0.6) is 0 Å². The predicted molar refractivity (Wildman–Crippen MR) is 162 cm³/mol. The number of nitrogens with one attached hydrogen (secondary N) is 1. The van der Waals surface area contributed by atoms with E-state index >= 15 is 0 Å². The Bertz CT molecular complexity index is 1370. The van der Waals surface area contributed by atoms with Crippen LogP contribution in [0.3, 0.4) is 0 Å². The molecule has 0 spiro atoms. The molecule has 1 fully saturated rings. The third-order valence-electron chi connectivity index (χ3n) is 9.22. The van der Waals surface area contributed by atoms with Crippen LogP contribution in [-0.2, 0) is 19.5 Å². The number of benzene rings is 1. The Balaban J connectivity index is 1.34. The van der Waals surface area contributed by atoms with Crippen LogP contribution in [0.4, 0.5) is 0 Å². The van der Waals surface area contributed by atoms with Gasteiger partial charge in [-0.05, 0) is 101 Å². The molecule has 5 heteroatoms. The Labute approximate surface area is 234 Å². The van der Waals surface area contributed by atoms with Gasteiger partial charge in [0.2, 0.25) is 0 Å². The van der Waals surface area contributed by atoms with E-state index in [0.29, 0.717) is 6.04 Å². The number of aromatic nitrogens is 3. The summed E-state index contributed by atoms with van der Waals surface area (Å²) in [6.07, 6.45) is 16.5. The maximum Gasteiger partial charge on any atom is 0.0786 e. The van der Waals surface area contributed by atoms with Gasteiger partial charge < -0.3 is 9.88 Å². The Morgan fingerprint density at radius 3 is 2.72 bits per heavy atom. The highest BCUT2D eigenvalue weighted by Gasteiger charge is 2.28. The minimum Gasteiger partial charge on any atom is -0.339 e. The van der Waals surface area contributed by atoms with E-state index < -0.39 is 0 Å². The van der Waals surface area contributed by atoms with E-state index in [2.05, 4.69) is 64.2 Å². The molecule has 1 aliphatic heterocycles. The minimum absolute atomic E-state index is 0.376. The molecule has 1 saturated heterocycles. The van der Waals surface area contributed by atoms with E-state index in [0.717, 1.165) is 32.0 Å². The van der Waals surface area contributed by atoms with E-state index in [1.807, 2.05) is 12.4 Å². The number of fused-ring (bicyclic) bond motifs is 4. The molecule has 3 aromatic heterocycles. The van der Waals surface area contributed by atoms with E-state index in [4.69, 9.17) is 9.97 Å². The first-order valence-corrected chi connectivity index (χ1v) is 15.6. The van der Waals surface area contributed by atoms with Crippen LogP contribution in [0, 0.1) is 5.92 Å². The molecule has 39 heavy (non-hydrogen) atoms. The summed E-state index contributed by atoms with van der Waals surface area (Å²) in [5.41, 5.74) is 6.67. The fourth-order valence-corrected chi connectivity index (χ4v) is 7.17. The van der Waals surface area contributed by atoms with Crippen LogP contribution in [0.15, 0.2) is 54.9 Å². The summed E-state index contributed by atoms with van der Waals surface area (Å²) in [6.45, 7) is 7.71. The van der Waals surface area contributed by atoms with Gasteiger partial charge in [0, 0.05) is 41.8 Å². The molecule has 2 aliphatic rings. The van der Waals surface area contributed by atoms with Crippen molar-refractivity contribution in [3.8, 4) is 0 Å². The zero-order valence-corrected chi connectivity index (χ0v) is 23.7. The number of pyridine rings is 2. The Hall–Kier alpha value is -2.76. The van der Waals surface area contributed by atoms with Gasteiger partial charge in [-0.25, -0.2) is 0 Å². The molecule has 0 saturated carbocycles. The molecule has 1 N–H and O–H groups in total. The van der Waals surface area contributed by atoms with Crippen LogP contribution in [-0.4, -0.2) is 39.1 Å². The van der Waals surface area contributed by atoms with Crippen LogP contribution >= 0.6 is 0 Å². The van der Waals surface area contributed by atoms with Crippen molar-refractivity contribution in [1.82, 2.24) is 24.8 Å². The topological polar surface area (TPSA) is 46.0 Å². The highest BCUT2D eigenvalue weighted by molar-refractivity contribution is 6.08. The first kappa shape index (κ1) is 26.5. The largest absolute Gasteiger partial charge is 0.339 e. The van der Waals surface area contributed by atoms with E-state index in [-0.39, 0.29) is 0 Å². The van der Waals surface area contributed by atoms with E-state index in [1.165, 1.54) is 110 Å². The van der Waals surface area contributed by atoms with Gasteiger partial charge in [-0.3, -0.25) is 14.9 Å². The number of hydrogen-bond donors (Lipinski definition) is 1. The van der Waals surface area contributed by atoms with E-state index in [1.54, 1.807) is 0 Å². The van der Waals surface area contributed by atoms with Crippen LogP contribution in [0.1, 0.15) is 87.7 Å². The van der Waals surface area contributed by atoms with Gasteiger partial charge in [-0.2, -0.15) is 0 Å². The molecule has 1 unspecified atom stereocenters. The molecular weight excluding hydrogens is 478 g/mol. The average Bonchev–Trinajstić information content (AvgIpc) is 3.31. The Morgan fingerprint density at radius 1 is 0.923 bits per heavy atom. The van der Waals surface area contributed by atoms with Crippen molar-refractivity contribution in [2.45, 2.75) is 90.3 Å². The fourth-order valence-electron chi connectivity index (χ4n) is 7.17. The molecule has 1 aliphatic carbocycles. The standard InChI is InChI=1S/C34H45N5/c1-2-3-6-23-38(32-15-7-11-27-12-8-19-37-33(27)32)25-30-34-29(18-22-36-30)28-13-4-5-14-31(28)39(34)24-9-10-26-16-20-35-21-17-26/h4-5,8,12-14,18-19,22,26,32,35H,2-3,6-7,9-11,15-17,20-21,23-25H2,1H3. The summed E-state index contributed by atoms with van der Waals surface area (Å²) in [5, 5.41) is 6.24. The minimum atomic E-state index is 0.376. The predicted octanol–water partition coefficient (Wildman–Crippen LogP) is 7.43. The van der Waals surface area contributed by atoms with Crippen molar-refractivity contribution in [2.75, 3.05) is 19.6 Å². The normalized spacial score (nSPS) is 18.3. The number of nitrogens with zero attached hydrogens (tertiary/aromatic N) is 4. The molecule has 0 bridgehead atoms. The van der Waals surface area contributed by atoms with Crippen molar-refractivity contribution in [1.29, 1.82) is 0 Å². The smallest absolute Gasteiger partial charge is 0.0786 e. The third-order valence-corrected chi connectivity index (χ3v) is 9.22. The molecule has 4 heterocycles. The molecule has 1 atom stereocenters. The number of aryl methyl sites for hydroxylation is 2. The maximum absolute atomic E-state index is 5.09. The van der Waals surface area contributed by atoms with Crippen LogP contribution in [0.2, 0.25) is 0 Å². The van der Waals surface area contributed by atoms with Crippen molar-refractivity contribution >= 4 is 21.8 Å². The van der Waals surface area contributed by atoms with Gasteiger partial charge in [0.25, 0.3) is 0 Å². The molecule has 206 valence electrons. The number of piperidine rings is 1. The van der Waals surface area contributed by atoms with E-state index in [9.17, 15) is 0 Å². The lowest BCUT2D eigenvalue weighted by molar-refractivity contribution is 0.161. The molecule has 5 nitrogen and oxygen atoms in total. The summed E-state index contributed by atoms with van der Waals surface area (Å²) in [6, 6.07) is 16.0. The number of para-hydroxylation sites is 1. The lowest BCUT2D eigenvalue weighted by Gasteiger charge is -2.35. The molecule has 1 aromatic carbocycles. The first-order chi connectivity index (χ1) is 19.3. The van der Waals surface area contributed by atoms with Gasteiger partial charge in [0.05, 0.1) is 22.9 Å². The van der Waals surface area contributed by atoms with Crippen molar-refractivity contribution < 1.29 is 0 Å². The lowest BCUT2D eigenvalue weighted by Crippen LogP contribution is -2.33. The van der Waals surface area contributed by atoms with Gasteiger partial charge in [0.1, 0.15) is 0 Å². The second kappa shape index (κ2) is 12.6. The van der Waals surface area contributed by atoms with Gasteiger partial charge in [0.15, 0.2) is 0 Å². The summed E-state index contributed by atoms with van der Waals surface area (Å²) >= 11 is 0. The molecule has 6 rings (SSSR count).